The van der Waals surface area contributed by atoms with Crippen LogP contribution in [0.1, 0.15) is 1.43 Å². The Balaban J connectivity index is -0.000000405. The van der Waals surface area contributed by atoms with Crippen LogP contribution in [0, 0.1) is 0 Å². The standard InChI is InChI=1S/C5H7NO4.Na.H/c1-10-5(9)4(6)3(8)2-7;;/h2,4H,6H2,1H3;;/q;+1;-1. The molecule has 0 radical (unpaired) electrons. The summed E-state index contributed by atoms with van der Waals surface area (Å²) >= 11 is 0. The summed E-state index contributed by atoms with van der Waals surface area (Å²) in [6.45, 7) is 0. The van der Waals surface area contributed by atoms with Crippen molar-refractivity contribution in [3.63, 3.8) is 0 Å². The molecule has 0 saturated heterocycles. The van der Waals surface area contributed by atoms with Gasteiger partial charge >= 0.3 is 35.5 Å². The third kappa shape index (κ3) is 4.26. The fourth-order valence-corrected chi connectivity index (χ4v) is 0.316. The number of nitrogens with two attached hydrogens (primary N) is 1. The average molecular weight is 169 g/mol. The summed E-state index contributed by atoms with van der Waals surface area (Å²) in [6.07, 6.45) is -0.0123. The second kappa shape index (κ2) is 6.48. The molecule has 0 bridgehead atoms. The van der Waals surface area contributed by atoms with Crippen LogP contribution >= 0.6 is 0 Å². The average Bonchev–Trinajstić information content (AvgIpc) is 2.00. The first-order chi connectivity index (χ1) is 4.63. The Morgan fingerprint density at radius 2 is 2.09 bits per heavy atom. The van der Waals surface area contributed by atoms with E-state index in [9.17, 15) is 14.4 Å². The van der Waals surface area contributed by atoms with Crippen molar-refractivity contribution in [3.8, 4) is 0 Å². The molecule has 0 rings (SSSR count). The van der Waals surface area contributed by atoms with Crippen LogP contribution in [0.25, 0.3) is 0 Å². The van der Waals surface area contributed by atoms with Crippen molar-refractivity contribution in [3.05, 3.63) is 0 Å². The van der Waals surface area contributed by atoms with Crippen LogP contribution in [-0.4, -0.2) is 31.2 Å². The molecule has 0 aromatic heterocycles. The normalized spacial score (nSPS) is 10.7. The van der Waals surface area contributed by atoms with E-state index in [2.05, 4.69) is 4.74 Å². The van der Waals surface area contributed by atoms with Crippen molar-refractivity contribution in [2.24, 2.45) is 5.73 Å². The first kappa shape index (κ1) is 13.4. The smallest absolute Gasteiger partial charge is 1.00 e. The zero-order valence-corrected chi connectivity index (χ0v) is 8.37. The summed E-state index contributed by atoms with van der Waals surface area (Å²) in [5, 5.41) is 0. The van der Waals surface area contributed by atoms with Crippen LogP contribution < -0.4 is 35.3 Å². The zero-order chi connectivity index (χ0) is 8.15. The van der Waals surface area contributed by atoms with Crippen molar-refractivity contribution in [2.75, 3.05) is 7.11 Å². The zero-order valence-electron chi connectivity index (χ0n) is 7.37. The largest absolute Gasteiger partial charge is 1.00 e. The van der Waals surface area contributed by atoms with Gasteiger partial charge in [0.2, 0.25) is 5.78 Å². The van der Waals surface area contributed by atoms with Gasteiger partial charge in [-0.2, -0.15) is 0 Å². The van der Waals surface area contributed by atoms with E-state index in [0.717, 1.165) is 7.11 Å². The van der Waals surface area contributed by atoms with Gasteiger partial charge in [0, 0.05) is 0 Å². The molecule has 0 amide bonds. The number of methoxy groups -OCH3 is 1. The summed E-state index contributed by atoms with van der Waals surface area (Å²) in [7, 11) is 1.08. The second-order valence-electron chi connectivity index (χ2n) is 1.52. The molecule has 5 nitrogen and oxygen atoms in total. The molecule has 0 aromatic carbocycles. The van der Waals surface area contributed by atoms with Gasteiger partial charge in [0.25, 0.3) is 0 Å². The molecule has 0 aliphatic rings. The number of aldehydes is 1. The molecular weight excluding hydrogens is 161 g/mol. The summed E-state index contributed by atoms with van der Waals surface area (Å²) in [4.78, 5) is 30.4. The SMILES string of the molecule is COC(=O)C(N)C(=O)C=O.[H-].[Na+]. The van der Waals surface area contributed by atoms with Gasteiger partial charge in [-0.1, -0.05) is 0 Å². The van der Waals surface area contributed by atoms with Crippen LogP contribution in [0.3, 0.4) is 0 Å². The van der Waals surface area contributed by atoms with Crippen molar-refractivity contribution in [2.45, 2.75) is 6.04 Å². The molecule has 11 heavy (non-hydrogen) atoms. The van der Waals surface area contributed by atoms with E-state index in [1.807, 2.05) is 0 Å². The number of hydrogen-bond donors (Lipinski definition) is 1. The molecule has 0 aliphatic carbocycles. The minimum absolute atomic E-state index is 0. The Bertz CT molecular complexity index is 175. The Kier molecular flexibility index (Phi) is 7.87. The maximum absolute atomic E-state index is 10.4. The molecule has 0 aliphatic heterocycles. The van der Waals surface area contributed by atoms with Gasteiger partial charge < -0.3 is 11.9 Å². The molecule has 6 heteroatoms. The third-order valence-corrected chi connectivity index (χ3v) is 0.878. The first-order valence-corrected chi connectivity index (χ1v) is 2.46. The molecule has 58 valence electrons. The van der Waals surface area contributed by atoms with Gasteiger partial charge in [0.1, 0.15) is 0 Å². The molecule has 0 fully saturated rings. The van der Waals surface area contributed by atoms with Gasteiger partial charge in [0.05, 0.1) is 7.11 Å². The number of ketones is 1. The summed E-state index contributed by atoms with van der Waals surface area (Å²) in [5.74, 6) is -1.89. The van der Waals surface area contributed by atoms with E-state index >= 15 is 0 Å². The number of carbonyl (C=O) groups excluding carboxylic acids is 3. The van der Waals surface area contributed by atoms with Crippen molar-refractivity contribution >= 4 is 18.0 Å². The Morgan fingerprint density at radius 1 is 1.64 bits per heavy atom. The van der Waals surface area contributed by atoms with E-state index in [4.69, 9.17) is 5.73 Å². The second-order valence-corrected chi connectivity index (χ2v) is 1.52. The van der Waals surface area contributed by atoms with Crippen molar-refractivity contribution in [1.82, 2.24) is 0 Å². The Labute approximate surface area is 87.0 Å². The number of carbonyl (C=O) groups is 3. The fraction of sp³-hybridized carbons (Fsp3) is 0.400. The maximum Gasteiger partial charge on any atom is 1.00 e. The van der Waals surface area contributed by atoms with Gasteiger partial charge in [-0.3, -0.25) is 9.59 Å². The Hall–Kier alpha value is -0.230. The molecule has 1 unspecified atom stereocenters. The van der Waals surface area contributed by atoms with Gasteiger partial charge in [-0.25, -0.2) is 4.79 Å². The summed E-state index contributed by atoms with van der Waals surface area (Å²) in [6, 6.07) is -1.47. The molecule has 0 aromatic rings. The van der Waals surface area contributed by atoms with Crippen LogP contribution in [0.15, 0.2) is 0 Å². The number of hydrogen-bond acceptors (Lipinski definition) is 5. The monoisotopic (exact) mass is 169 g/mol. The molecule has 1 atom stereocenters. The summed E-state index contributed by atoms with van der Waals surface area (Å²) in [5.41, 5.74) is 4.93. The van der Waals surface area contributed by atoms with E-state index in [0.29, 0.717) is 0 Å². The van der Waals surface area contributed by atoms with Crippen LogP contribution in [0.4, 0.5) is 0 Å². The molecular formula is C5H8NNaO4. The van der Waals surface area contributed by atoms with Crippen molar-refractivity contribution < 1.29 is 50.1 Å². The van der Waals surface area contributed by atoms with Crippen molar-refractivity contribution in [1.29, 1.82) is 0 Å². The molecule has 0 heterocycles. The van der Waals surface area contributed by atoms with E-state index in [-0.39, 0.29) is 37.3 Å². The van der Waals surface area contributed by atoms with Crippen LogP contribution in [0.2, 0.25) is 0 Å². The summed E-state index contributed by atoms with van der Waals surface area (Å²) < 4.78 is 4.09. The van der Waals surface area contributed by atoms with Gasteiger partial charge in [-0.15, -0.1) is 0 Å². The topological polar surface area (TPSA) is 86.5 Å². The Morgan fingerprint density at radius 3 is 2.36 bits per heavy atom. The third-order valence-electron chi connectivity index (χ3n) is 0.878. The first-order valence-electron chi connectivity index (χ1n) is 2.46. The fourth-order valence-electron chi connectivity index (χ4n) is 0.316. The molecule has 0 saturated carbocycles. The predicted octanol–water partition coefficient (Wildman–Crippen LogP) is -4.63. The maximum atomic E-state index is 10.4. The number of ether oxygens (including phenoxy) is 1. The van der Waals surface area contributed by atoms with Gasteiger partial charge in [0.15, 0.2) is 12.3 Å². The number of Topliss-reactive ketones (excluding diaryl/α,β-unsaturated/α-hetero) is 1. The van der Waals surface area contributed by atoms with E-state index < -0.39 is 17.8 Å². The quantitative estimate of drug-likeness (QED) is 0.151. The van der Waals surface area contributed by atoms with E-state index in [1.54, 1.807) is 0 Å². The van der Waals surface area contributed by atoms with Gasteiger partial charge in [-0.05, 0) is 0 Å². The number of rotatable bonds is 3. The molecule has 0 spiro atoms. The van der Waals surface area contributed by atoms with E-state index in [1.165, 1.54) is 0 Å². The van der Waals surface area contributed by atoms with Crippen LogP contribution in [-0.2, 0) is 19.1 Å². The number of esters is 1. The minimum Gasteiger partial charge on any atom is -1.00 e. The predicted molar refractivity (Wildman–Crippen MR) is 32.2 cm³/mol. The van der Waals surface area contributed by atoms with Crippen LogP contribution in [0.5, 0.6) is 0 Å². The minimum atomic E-state index is -1.47. The molecule has 2 N–H and O–H groups in total.